The molecule has 0 radical (unpaired) electrons. The molecular formula is C19H24N2O5S. The summed E-state index contributed by atoms with van der Waals surface area (Å²) in [6, 6.07) is 4.25. The molecule has 1 aromatic rings. The van der Waals surface area contributed by atoms with Crippen molar-refractivity contribution in [3.8, 4) is 0 Å². The summed E-state index contributed by atoms with van der Waals surface area (Å²) < 4.78 is 25.1. The Morgan fingerprint density at radius 3 is 2.63 bits per heavy atom. The lowest BCUT2D eigenvalue weighted by molar-refractivity contribution is -0.141. The van der Waals surface area contributed by atoms with Crippen LogP contribution in [0.4, 0.5) is 5.69 Å². The molecule has 3 aliphatic rings. The van der Waals surface area contributed by atoms with Gasteiger partial charge in [-0.05, 0) is 55.4 Å². The summed E-state index contributed by atoms with van der Waals surface area (Å²) in [7, 11) is -3.34. The molecule has 0 spiro atoms. The quantitative estimate of drug-likeness (QED) is 0.847. The smallest absolute Gasteiger partial charge is 0.326 e. The van der Waals surface area contributed by atoms with E-state index in [0.29, 0.717) is 30.6 Å². The van der Waals surface area contributed by atoms with Gasteiger partial charge < -0.3 is 10.0 Å². The second-order valence-electron chi connectivity index (χ2n) is 7.84. The molecule has 7 nitrogen and oxygen atoms in total. The van der Waals surface area contributed by atoms with Crippen LogP contribution in [-0.4, -0.2) is 55.2 Å². The first-order valence-corrected chi connectivity index (χ1v) is 11.3. The van der Waals surface area contributed by atoms with Crippen LogP contribution in [0.25, 0.3) is 0 Å². The van der Waals surface area contributed by atoms with Crippen LogP contribution in [0.1, 0.15) is 48.0 Å². The standard InChI is InChI=1S/C19H24N2O5S/c1-27(25,26)20-9-8-13-10-14(6-7-15(13)20)18(22)21-16-5-3-2-4-12(16)11-17(21)19(23)24/h6-7,10,12,16-17H,2-5,8-9,11H2,1H3,(H,23,24)/t12-,16+,17-/m0/s1. The third kappa shape index (κ3) is 3.09. The predicted molar refractivity (Wildman–Crippen MR) is 100 cm³/mol. The summed E-state index contributed by atoms with van der Waals surface area (Å²) in [5.74, 6) is -0.932. The van der Waals surface area contributed by atoms with Crippen molar-refractivity contribution >= 4 is 27.6 Å². The number of hydrogen-bond acceptors (Lipinski definition) is 4. The van der Waals surface area contributed by atoms with Gasteiger partial charge in [-0.15, -0.1) is 0 Å². The average molecular weight is 392 g/mol. The van der Waals surface area contributed by atoms with E-state index in [1.54, 1.807) is 23.1 Å². The zero-order chi connectivity index (χ0) is 19.3. The third-order valence-corrected chi connectivity index (χ3v) is 7.37. The summed E-state index contributed by atoms with van der Waals surface area (Å²) in [4.78, 5) is 26.6. The van der Waals surface area contributed by atoms with Gasteiger partial charge in [-0.2, -0.15) is 0 Å². The molecule has 1 aromatic carbocycles. The van der Waals surface area contributed by atoms with Crippen LogP contribution in [0.5, 0.6) is 0 Å². The van der Waals surface area contributed by atoms with Crippen LogP contribution in [0.15, 0.2) is 18.2 Å². The number of likely N-dealkylation sites (tertiary alicyclic amines) is 1. The second kappa shape index (κ2) is 6.51. The van der Waals surface area contributed by atoms with Crippen molar-refractivity contribution in [2.75, 3.05) is 17.1 Å². The van der Waals surface area contributed by atoms with Crippen molar-refractivity contribution in [3.05, 3.63) is 29.3 Å². The lowest BCUT2D eigenvalue weighted by atomic mass is 9.84. The zero-order valence-corrected chi connectivity index (χ0v) is 16.1. The first kappa shape index (κ1) is 18.3. The van der Waals surface area contributed by atoms with Crippen LogP contribution < -0.4 is 4.31 Å². The van der Waals surface area contributed by atoms with Crippen molar-refractivity contribution in [3.63, 3.8) is 0 Å². The number of carbonyl (C=O) groups is 2. The van der Waals surface area contributed by atoms with Gasteiger partial charge in [0.1, 0.15) is 6.04 Å². The molecule has 1 amide bonds. The fourth-order valence-electron chi connectivity index (χ4n) is 4.97. The van der Waals surface area contributed by atoms with E-state index in [0.717, 1.165) is 31.2 Å². The minimum atomic E-state index is -3.34. The Bertz CT molecular complexity index is 897. The van der Waals surface area contributed by atoms with Gasteiger partial charge in [-0.3, -0.25) is 9.10 Å². The molecule has 3 atom stereocenters. The minimum absolute atomic E-state index is 0.00637. The Morgan fingerprint density at radius 1 is 1.19 bits per heavy atom. The number of fused-ring (bicyclic) bond motifs is 2. The maximum atomic E-state index is 13.2. The van der Waals surface area contributed by atoms with Crippen molar-refractivity contribution in [1.82, 2.24) is 4.90 Å². The van der Waals surface area contributed by atoms with E-state index in [4.69, 9.17) is 0 Å². The van der Waals surface area contributed by atoms with Gasteiger partial charge in [0, 0.05) is 18.2 Å². The van der Waals surface area contributed by atoms with E-state index >= 15 is 0 Å². The maximum absolute atomic E-state index is 13.2. The van der Waals surface area contributed by atoms with Gasteiger partial charge >= 0.3 is 5.97 Å². The minimum Gasteiger partial charge on any atom is -0.480 e. The monoisotopic (exact) mass is 392 g/mol. The summed E-state index contributed by atoms with van der Waals surface area (Å²) in [5.41, 5.74) is 1.87. The van der Waals surface area contributed by atoms with Gasteiger partial charge in [-0.25, -0.2) is 13.2 Å². The van der Waals surface area contributed by atoms with Crippen molar-refractivity contribution in [2.45, 2.75) is 50.6 Å². The average Bonchev–Trinajstić information content (AvgIpc) is 3.21. The predicted octanol–water partition coefficient (Wildman–Crippen LogP) is 1.87. The van der Waals surface area contributed by atoms with Crippen LogP contribution >= 0.6 is 0 Å². The van der Waals surface area contributed by atoms with E-state index in [9.17, 15) is 23.1 Å². The number of amides is 1. The molecule has 27 heavy (non-hydrogen) atoms. The molecule has 2 heterocycles. The number of carbonyl (C=O) groups excluding carboxylic acids is 1. The summed E-state index contributed by atoms with van der Waals surface area (Å²) in [6.45, 7) is 0.373. The van der Waals surface area contributed by atoms with E-state index in [1.165, 1.54) is 10.6 Å². The van der Waals surface area contributed by atoms with Gasteiger partial charge in [0.2, 0.25) is 10.0 Å². The van der Waals surface area contributed by atoms with Crippen molar-refractivity contribution in [1.29, 1.82) is 0 Å². The molecule has 1 saturated carbocycles. The van der Waals surface area contributed by atoms with Gasteiger partial charge in [0.25, 0.3) is 5.91 Å². The molecule has 2 aliphatic heterocycles. The van der Waals surface area contributed by atoms with E-state index < -0.39 is 22.0 Å². The number of anilines is 1. The molecule has 4 rings (SSSR count). The van der Waals surface area contributed by atoms with Crippen LogP contribution in [0.2, 0.25) is 0 Å². The molecular weight excluding hydrogens is 368 g/mol. The topological polar surface area (TPSA) is 95.0 Å². The highest BCUT2D eigenvalue weighted by Gasteiger charge is 2.47. The van der Waals surface area contributed by atoms with E-state index in [1.807, 2.05) is 0 Å². The maximum Gasteiger partial charge on any atom is 0.326 e. The molecule has 1 aliphatic carbocycles. The van der Waals surface area contributed by atoms with Gasteiger partial charge in [0.05, 0.1) is 11.9 Å². The van der Waals surface area contributed by atoms with Crippen LogP contribution in [0.3, 0.4) is 0 Å². The van der Waals surface area contributed by atoms with Crippen LogP contribution in [0, 0.1) is 5.92 Å². The molecule has 2 fully saturated rings. The first-order valence-electron chi connectivity index (χ1n) is 9.43. The number of sulfonamides is 1. The molecule has 0 bridgehead atoms. The molecule has 0 aromatic heterocycles. The fraction of sp³-hybridized carbons (Fsp3) is 0.579. The number of nitrogens with zero attached hydrogens (tertiary/aromatic N) is 2. The largest absolute Gasteiger partial charge is 0.480 e. The number of aliphatic carboxylic acids is 1. The highest BCUT2D eigenvalue weighted by molar-refractivity contribution is 7.92. The Morgan fingerprint density at radius 2 is 1.93 bits per heavy atom. The number of rotatable bonds is 3. The third-order valence-electron chi connectivity index (χ3n) is 6.19. The van der Waals surface area contributed by atoms with E-state index in [2.05, 4.69) is 0 Å². The molecule has 1 N–H and O–H groups in total. The molecule has 0 unspecified atom stereocenters. The van der Waals surface area contributed by atoms with E-state index in [-0.39, 0.29) is 17.9 Å². The number of benzene rings is 1. The molecule has 146 valence electrons. The lowest BCUT2D eigenvalue weighted by Crippen LogP contribution is -2.46. The molecule has 8 heteroatoms. The Balaban J connectivity index is 1.65. The molecule has 1 saturated heterocycles. The zero-order valence-electron chi connectivity index (χ0n) is 15.3. The highest BCUT2D eigenvalue weighted by atomic mass is 32.2. The highest BCUT2D eigenvalue weighted by Crippen LogP contribution is 2.41. The fourth-order valence-corrected chi connectivity index (χ4v) is 5.93. The summed E-state index contributed by atoms with van der Waals surface area (Å²) in [6.07, 6.45) is 6.20. The normalized spacial score (nSPS) is 27.4. The SMILES string of the molecule is CS(=O)(=O)N1CCc2cc(C(=O)N3[C@@H]4CCCC[C@H]4C[C@H]3C(=O)O)ccc21. The lowest BCUT2D eigenvalue weighted by Gasteiger charge is -2.33. The number of carboxylic acids is 1. The number of carboxylic acid groups (broad SMARTS) is 1. The van der Waals surface area contributed by atoms with Gasteiger partial charge in [0.15, 0.2) is 0 Å². The summed E-state index contributed by atoms with van der Waals surface area (Å²) >= 11 is 0. The van der Waals surface area contributed by atoms with Crippen LogP contribution in [-0.2, 0) is 21.2 Å². The Hall–Kier alpha value is -2.09. The van der Waals surface area contributed by atoms with Gasteiger partial charge in [-0.1, -0.05) is 12.8 Å². The number of hydrogen-bond donors (Lipinski definition) is 1. The van der Waals surface area contributed by atoms with Crippen molar-refractivity contribution < 1.29 is 23.1 Å². The summed E-state index contributed by atoms with van der Waals surface area (Å²) in [5, 5.41) is 9.64. The first-order chi connectivity index (χ1) is 12.8. The Kier molecular flexibility index (Phi) is 4.41. The van der Waals surface area contributed by atoms with Crippen molar-refractivity contribution in [2.24, 2.45) is 5.92 Å². The second-order valence-corrected chi connectivity index (χ2v) is 9.75. The Labute approximate surface area is 159 Å².